The fourth-order valence-corrected chi connectivity index (χ4v) is 4.50. The summed E-state index contributed by atoms with van der Waals surface area (Å²) < 4.78 is 0. The lowest BCUT2D eigenvalue weighted by Crippen LogP contribution is -2.45. The number of nitrogens with one attached hydrogen (secondary N) is 1. The van der Waals surface area contributed by atoms with Gasteiger partial charge in [0.25, 0.3) is 5.91 Å². The Kier molecular flexibility index (Phi) is 4.30. The number of rotatable bonds is 4. The summed E-state index contributed by atoms with van der Waals surface area (Å²) in [5, 5.41) is 3.29. The topological polar surface area (TPSA) is 45.2 Å². The highest BCUT2D eigenvalue weighted by Gasteiger charge is 2.44. The van der Waals surface area contributed by atoms with Gasteiger partial charge in [-0.2, -0.15) is 0 Å². The third kappa shape index (κ3) is 3.45. The molecule has 1 aromatic heterocycles. The van der Waals surface area contributed by atoms with Crippen LogP contribution in [0, 0.1) is 19.8 Å². The molecule has 2 bridgehead atoms. The Morgan fingerprint density at radius 3 is 2.68 bits per heavy atom. The van der Waals surface area contributed by atoms with Gasteiger partial charge in [-0.1, -0.05) is 23.3 Å². The second kappa shape index (κ2) is 6.60. The quantitative estimate of drug-likeness (QED) is 0.934. The molecule has 2 aliphatic rings. The molecule has 25 heavy (non-hydrogen) atoms. The van der Waals surface area contributed by atoms with Crippen LogP contribution in [0.5, 0.6) is 0 Å². The minimum atomic E-state index is 0.0724. The molecule has 1 aliphatic heterocycles. The summed E-state index contributed by atoms with van der Waals surface area (Å²) in [4.78, 5) is 19.4. The van der Waals surface area contributed by atoms with Crippen molar-refractivity contribution < 1.29 is 4.79 Å². The van der Waals surface area contributed by atoms with Gasteiger partial charge in [-0.15, -0.1) is 0 Å². The van der Waals surface area contributed by atoms with E-state index in [-0.39, 0.29) is 5.91 Å². The molecule has 2 heterocycles. The Morgan fingerprint density at radius 1 is 1.24 bits per heavy atom. The highest BCUT2D eigenvalue weighted by Crippen LogP contribution is 2.38. The van der Waals surface area contributed by atoms with Crippen molar-refractivity contribution in [2.75, 3.05) is 6.54 Å². The predicted octanol–water partition coefficient (Wildman–Crippen LogP) is 3.09. The van der Waals surface area contributed by atoms with Gasteiger partial charge in [-0.3, -0.25) is 14.7 Å². The lowest BCUT2D eigenvalue weighted by atomic mass is 10.0. The van der Waals surface area contributed by atoms with E-state index in [1.54, 1.807) is 0 Å². The Morgan fingerprint density at radius 2 is 2.04 bits per heavy atom. The van der Waals surface area contributed by atoms with Gasteiger partial charge in [-0.25, -0.2) is 0 Å². The summed E-state index contributed by atoms with van der Waals surface area (Å²) in [6.45, 7) is 6.11. The van der Waals surface area contributed by atoms with Gasteiger partial charge in [0.15, 0.2) is 0 Å². The van der Waals surface area contributed by atoms with Gasteiger partial charge < -0.3 is 5.32 Å². The van der Waals surface area contributed by atoms with E-state index >= 15 is 0 Å². The molecule has 3 atom stereocenters. The van der Waals surface area contributed by atoms with E-state index in [1.165, 1.54) is 12.0 Å². The molecular formula is C21H25N3O. The van der Waals surface area contributed by atoms with Crippen LogP contribution in [0.2, 0.25) is 0 Å². The molecule has 3 unspecified atom stereocenters. The second-order valence-electron chi connectivity index (χ2n) is 7.63. The molecule has 2 fully saturated rings. The summed E-state index contributed by atoms with van der Waals surface area (Å²) in [6.07, 6.45) is 6.02. The number of pyridine rings is 1. The van der Waals surface area contributed by atoms with Crippen molar-refractivity contribution in [3.8, 4) is 0 Å². The first-order valence-corrected chi connectivity index (χ1v) is 9.10. The van der Waals surface area contributed by atoms with Gasteiger partial charge in [0, 0.05) is 43.1 Å². The number of benzene rings is 1. The fourth-order valence-electron chi connectivity index (χ4n) is 4.50. The minimum Gasteiger partial charge on any atom is -0.349 e. The molecule has 0 spiro atoms. The number of fused-ring (bicyclic) bond motifs is 2. The molecule has 1 aliphatic carbocycles. The molecule has 4 heteroatoms. The normalized spacial score (nSPS) is 25.3. The number of hydrogen-bond donors (Lipinski definition) is 1. The number of piperidine rings is 1. The number of carbonyl (C=O) groups is 1. The lowest BCUT2D eigenvalue weighted by Gasteiger charge is -2.32. The monoisotopic (exact) mass is 335 g/mol. The fraction of sp³-hybridized carbons (Fsp3) is 0.429. The van der Waals surface area contributed by atoms with Crippen LogP contribution in [0.1, 0.15) is 39.9 Å². The Bertz CT molecular complexity index is 754. The van der Waals surface area contributed by atoms with E-state index in [0.717, 1.165) is 36.2 Å². The van der Waals surface area contributed by atoms with Crippen LogP contribution in [0.4, 0.5) is 0 Å². The first-order valence-electron chi connectivity index (χ1n) is 9.10. The Hall–Kier alpha value is -2.20. The first-order chi connectivity index (χ1) is 12.1. The lowest BCUT2D eigenvalue weighted by molar-refractivity contribution is 0.0903. The molecule has 1 amide bonds. The zero-order chi connectivity index (χ0) is 17.4. The van der Waals surface area contributed by atoms with E-state index in [2.05, 4.69) is 27.3 Å². The van der Waals surface area contributed by atoms with Crippen molar-refractivity contribution >= 4 is 5.91 Å². The van der Waals surface area contributed by atoms with Crippen LogP contribution in [-0.2, 0) is 6.54 Å². The van der Waals surface area contributed by atoms with Crippen LogP contribution < -0.4 is 5.32 Å². The average molecular weight is 335 g/mol. The summed E-state index contributed by atoms with van der Waals surface area (Å²) in [7, 11) is 0. The maximum absolute atomic E-state index is 12.6. The van der Waals surface area contributed by atoms with Gasteiger partial charge >= 0.3 is 0 Å². The van der Waals surface area contributed by atoms with Crippen LogP contribution in [0.15, 0.2) is 42.7 Å². The number of nitrogens with zero attached hydrogens (tertiary/aromatic N) is 2. The summed E-state index contributed by atoms with van der Waals surface area (Å²) in [6, 6.07) is 11.1. The molecule has 130 valence electrons. The van der Waals surface area contributed by atoms with E-state index in [4.69, 9.17) is 0 Å². The summed E-state index contributed by atoms with van der Waals surface area (Å²) >= 11 is 0. The molecule has 1 saturated heterocycles. The smallest absolute Gasteiger partial charge is 0.251 e. The minimum absolute atomic E-state index is 0.0724. The number of hydrogen-bond acceptors (Lipinski definition) is 3. The molecule has 1 N–H and O–H groups in total. The van der Waals surface area contributed by atoms with Crippen LogP contribution in [0.25, 0.3) is 0 Å². The van der Waals surface area contributed by atoms with E-state index in [0.29, 0.717) is 18.0 Å². The number of aryl methyl sites for hydroxylation is 2. The molecular weight excluding hydrogens is 310 g/mol. The van der Waals surface area contributed by atoms with Gasteiger partial charge in [0.05, 0.1) is 0 Å². The van der Waals surface area contributed by atoms with Crippen molar-refractivity contribution in [2.24, 2.45) is 5.92 Å². The summed E-state index contributed by atoms with van der Waals surface area (Å²) in [5.41, 5.74) is 4.33. The molecule has 1 saturated carbocycles. The van der Waals surface area contributed by atoms with Crippen molar-refractivity contribution in [2.45, 2.75) is 45.3 Å². The van der Waals surface area contributed by atoms with Crippen molar-refractivity contribution in [3.05, 3.63) is 65.0 Å². The summed E-state index contributed by atoms with van der Waals surface area (Å²) in [5.74, 6) is 0.639. The molecule has 0 radical (unpaired) electrons. The Balaban J connectivity index is 1.37. The first kappa shape index (κ1) is 16.3. The number of likely N-dealkylation sites (tertiary alicyclic amines) is 1. The number of aromatic nitrogens is 1. The SMILES string of the molecule is Cc1cc(C)cc(C(=O)NC2CC3CC2CN3Cc2cccnc2)c1. The maximum atomic E-state index is 12.6. The van der Waals surface area contributed by atoms with E-state index < -0.39 is 0 Å². The third-order valence-electron chi connectivity index (χ3n) is 5.56. The van der Waals surface area contributed by atoms with Gasteiger partial charge in [0.1, 0.15) is 0 Å². The van der Waals surface area contributed by atoms with E-state index in [1.807, 2.05) is 44.4 Å². The van der Waals surface area contributed by atoms with Crippen LogP contribution >= 0.6 is 0 Å². The number of amides is 1. The van der Waals surface area contributed by atoms with Gasteiger partial charge in [-0.05, 0) is 56.4 Å². The van der Waals surface area contributed by atoms with Crippen LogP contribution in [-0.4, -0.2) is 34.4 Å². The van der Waals surface area contributed by atoms with Crippen molar-refractivity contribution in [3.63, 3.8) is 0 Å². The molecule has 1 aromatic carbocycles. The highest BCUT2D eigenvalue weighted by atomic mass is 16.1. The third-order valence-corrected chi connectivity index (χ3v) is 5.56. The van der Waals surface area contributed by atoms with Crippen molar-refractivity contribution in [1.82, 2.24) is 15.2 Å². The average Bonchev–Trinajstić information content (AvgIpc) is 3.14. The highest BCUT2D eigenvalue weighted by molar-refractivity contribution is 5.94. The Labute approximate surface area is 149 Å². The molecule has 4 nitrogen and oxygen atoms in total. The maximum Gasteiger partial charge on any atom is 0.251 e. The molecule has 4 rings (SSSR count). The van der Waals surface area contributed by atoms with E-state index in [9.17, 15) is 4.79 Å². The van der Waals surface area contributed by atoms with Gasteiger partial charge in [0.2, 0.25) is 0 Å². The van der Waals surface area contributed by atoms with Crippen molar-refractivity contribution in [1.29, 1.82) is 0 Å². The molecule has 2 aromatic rings. The number of carbonyl (C=O) groups excluding carboxylic acids is 1. The zero-order valence-electron chi connectivity index (χ0n) is 14.9. The largest absolute Gasteiger partial charge is 0.349 e. The second-order valence-corrected chi connectivity index (χ2v) is 7.63. The standard InChI is InChI=1S/C21H25N3O/c1-14-6-15(2)8-17(7-14)21(25)23-20-10-19-9-18(20)13-24(19)12-16-4-3-5-22-11-16/h3-8,11,18-20H,9-10,12-13H2,1-2H3,(H,23,25). The zero-order valence-corrected chi connectivity index (χ0v) is 14.9. The van der Waals surface area contributed by atoms with Crippen LogP contribution in [0.3, 0.4) is 0 Å². The predicted molar refractivity (Wildman–Crippen MR) is 98.3 cm³/mol.